The largest absolute Gasteiger partial charge is 0.444 e. The first-order valence-electron chi connectivity index (χ1n) is 8.08. The van der Waals surface area contributed by atoms with E-state index in [1.807, 2.05) is 13.8 Å². The van der Waals surface area contributed by atoms with E-state index in [1.165, 1.54) is 11.1 Å². The van der Waals surface area contributed by atoms with Gasteiger partial charge in [-0.05, 0) is 39.1 Å². The number of benzene rings is 1. The lowest BCUT2D eigenvalue weighted by molar-refractivity contribution is 0.402. The topological polar surface area (TPSA) is 65.7 Å². The molecule has 2 rings (SSSR count). The van der Waals surface area contributed by atoms with Crippen molar-refractivity contribution in [1.82, 2.24) is 20.5 Å². The quantitative estimate of drug-likeness (QED) is 0.397. The predicted molar refractivity (Wildman–Crippen MR) is 112 cm³/mol. The molecule has 0 spiro atoms. The van der Waals surface area contributed by atoms with Gasteiger partial charge in [0, 0.05) is 20.1 Å². The molecule has 1 aromatic heterocycles. The number of hydrogen-bond acceptors (Lipinski definition) is 4. The predicted octanol–water partition coefficient (Wildman–Crippen LogP) is 2.84. The highest BCUT2D eigenvalue weighted by Gasteiger charge is 2.06. The number of nitrogens with zero attached hydrogens (tertiary/aromatic N) is 3. The van der Waals surface area contributed by atoms with E-state index in [-0.39, 0.29) is 24.0 Å². The average molecular weight is 457 g/mol. The Labute approximate surface area is 167 Å². The summed E-state index contributed by atoms with van der Waals surface area (Å²) in [6, 6.07) is 8.55. The summed E-state index contributed by atoms with van der Waals surface area (Å²) < 4.78 is 5.56. The van der Waals surface area contributed by atoms with Crippen LogP contribution in [0.25, 0.3) is 0 Å². The van der Waals surface area contributed by atoms with E-state index in [0.717, 1.165) is 24.0 Å². The zero-order valence-corrected chi connectivity index (χ0v) is 17.9. The lowest BCUT2D eigenvalue weighted by Crippen LogP contribution is -2.36. The van der Waals surface area contributed by atoms with Crippen LogP contribution in [0.2, 0.25) is 0 Å². The van der Waals surface area contributed by atoms with E-state index >= 15 is 0 Å². The Morgan fingerprint density at radius 1 is 1.16 bits per heavy atom. The number of aryl methyl sites for hydroxylation is 2. The van der Waals surface area contributed by atoms with Gasteiger partial charge in [-0.3, -0.25) is 4.99 Å². The molecule has 138 valence electrons. The van der Waals surface area contributed by atoms with Gasteiger partial charge in [0.2, 0.25) is 5.89 Å². The molecule has 0 aliphatic rings. The van der Waals surface area contributed by atoms with Crippen LogP contribution in [-0.4, -0.2) is 37.0 Å². The van der Waals surface area contributed by atoms with E-state index in [4.69, 9.17) is 4.42 Å². The maximum Gasteiger partial charge on any atom is 0.214 e. The fourth-order valence-corrected chi connectivity index (χ4v) is 2.38. The zero-order valence-electron chi connectivity index (χ0n) is 15.6. The molecule has 2 aromatic rings. The van der Waals surface area contributed by atoms with Gasteiger partial charge in [-0.25, -0.2) is 4.98 Å². The number of aromatic nitrogens is 1. The van der Waals surface area contributed by atoms with E-state index < -0.39 is 0 Å². The fourth-order valence-electron chi connectivity index (χ4n) is 2.38. The van der Waals surface area contributed by atoms with Crippen molar-refractivity contribution in [3.8, 4) is 0 Å². The molecule has 0 unspecified atom stereocenters. The Balaban J connectivity index is 0.00000312. The molecule has 7 heteroatoms. The van der Waals surface area contributed by atoms with Crippen LogP contribution in [0, 0.1) is 13.8 Å². The third-order valence-electron chi connectivity index (χ3n) is 3.65. The highest BCUT2D eigenvalue weighted by molar-refractivity contribution is 14.0. The van der Waals surface area contributed by atoms with Crippen LogP contribution < -0.4 is 10.6 Å². The monoisotopic (exact) mass is 457 g/mol. The Morgan fingerprint density at radius 3 is 2.44 bits per heavy atom. The minimum absolute atomic E-state index is 0. The molecule has 0 amide bonds. The van der Waals surface area contributed by atoms with Gasteiger partial charge in [-0.15, -0.1) is 24.0 Å². The molecule has 1 aromatic carbocycles. The van der Waals surface area contributed by atoms with E-state index in [0.29, 0.717) is 19.0 Å². The van der Waals surface area contributed by atoms with Gasteiger partial charge < -0.3 is 20.0 Å². The Kier molecular flexibility index (Phi) is 8.91. The molecule has 1 heterocycles. The molecule has 0 bridgehead atoms. The Morgan fingerprint density at radius 2 is 1.84 bits per heavy atom. The highest BCUT2D eigenvalue weighted by Crippen LogP contribution is 2.08. The van der Waals surface area contributed by atoms with Crippen molar-refractivity contribution in [3.05, 3.63) is 52.7 Å². The van der Waals surface area contributed by atoms with Crippen LogP contribution in [0.15, 0.2) is 33.7 Å². The SMILES string of the molecule is CN=C(NCc1cccc(CN(C)C)c1)NCc1nc(C)c(C)o1.I. The summed E-state index contributed by atoms with van der Waals surface area (Å²) >= 11 is 0. The first-order valence-corrected chi connectivity index (χ1v) is 8.08. The van der Waals surface area contributed by atoms with Crippen molar-refractivity contribution < 1.29 is 4.42 Å². The molecule has 6 nitrogen and oxygen atoms in total. The van der Waals surface area contributed by atoms with Gasteiger partial charge in [0.15, 0.2) is 5.96 Å². The van der Waals surface area contributed by atoms with E-state index in [1.54, 1.807) is 7.05 Å². The van der Waals surface area contributed by atoms with Gasteiger partial charge >= 0.3 is 0 Å². The van der Waals surface area contributed by atoms with Gasteiger partial charge in [0.1, 0.15) is 5.76 Å². The average Bonchev–Trinajstić information content (AvgIpc) is 2.85. The number of nitrogens with one attached hydrogen (secondary N) is 2. The van der Waals surface area contributed by atoms with Crippen LogP contribution >= 0.6 is 24.0 Å². The number of guanidine groups is 1. The molecule has 0 saturated heterocycles. The second-order valence-corrected chi connectivity index (χ2v) is 6.09. The van der Waals surface area contributed by atoms with Crippen LogP contribution in [-0.2, 0) is 19.6 Å². The molecule has 25 heavy (non-hydrogen) atoms. The molecule has 0 saturated carbocycles. The molecule has 0 atom stereocenters. The normalized spacial score (nSPS) is 11.4. The van der Waals surface area contributed by atoms with Gasteiger partial charge in [-0.1, -0.05) is 24.3 Å². The first kappa shape index (κ1) is 21.4. The van der Waals surface area contributed by atoms with Crippen LogP contribution in [0.4, 0.5) is 0 Å². The zero-order chi connectivity index (χ0) is 17.5. The summed E-state index contributed by atoms with van der Waals surface area (Å²) in [7, 11) is 5.90. The summed E-state index contributed by atoms with van der Waals surface area (Å²) in [6.45, 7) is 6.01. The summed E-state index contributed by atoms with van der Waals surface area (Å²) in [5.74, 6) is 2.25. The second-order valence-electron chi connectivity index (χ2n) is 6.09. The first-order chi connectivity index (χ1) is 11.5. The van der Waals surface area contributed by atoms with Crippen molar-refractivity contribution in [2.45, 2.75) is 33.5 Å². The van der Waals surface area contributed by atoms with Crippen molar-refractivity contribution in [2.75, 3.05) is 21.1 Å². The number of rotatable bonds is 6. The van der Waals surface area contributed by atoms with Crippen molar-refractivity contribution in [2.24, 2.45) is 4.99 Å². The highest BCUT2D eigenvalue weighted by atomic mass is 127. The lowest BCUT2D eigenvalue weighted by atomic mass is 10.1. The second kappa shape index (κ2) is 10.4. The lowest BCUT2D eigenvalue weighted by Gasteiger charge is -2.13. The van der Waals surface area contributed by atoms with Crippen LogP contribution in [0.3, 0.4) is 0 Å². The van der Waals surface area contributed by atoms with Gasteiger partial charge in [0.05, 0.1) is 12.2 Å². The van der Waals surface area contributed by atoms with Crippen molar-refractivity contribution in [1.29, 1.82) is 0 Å². The molecule has 0 fully saturated rings. The Hall–Kier alpha value is -1.61. The summed E-state index contributed by atoms with van der Waals surface area (Å²) in [4.78, 5) is 10.8. The molecular weight excluding hydrogens is 429 g/mol. The molecule has 2 N–H and O–H groups in total. The maximum absolute atomic E-state index is 5.56. The molecule has 0 aliphatic carbocycles. The van der Waals surface area contributed by atoms with Crippen LogP contribution in [0.5, 0.6) is 0 Å². The van der Waals surface area contributed by atoms with Crippen LogP contribution in [0.1, 0.15) is 28.5 Å². The van der Waals surface area contributed by atoms with E-state index in [2.05, 4.69) is 63.9 Å². The molecular formula is C18H28IN5O. The number of oxazole rings is 1. The number of aliphatic imine (C=N–C) groups is 1. The summed E-state index contributed by atoms with van der Waals surface area (Å²) in [6.07, 6.45) is 0. The maximum atomic E-state index is 5.56. The number of hydrogen-bond donors (Lipinski definition) is 2. The molecule has 0 radical (unpaired) electrons. The smallest absolute Gasteiger partial charge is 0.214 e. The Bertz CT molecular complexity index is 677. The third-order valence-corrected chi connectivity index (χ3v) is 3.65. The summed E-state index contributed by atoms with van der Waals surface area (Å²) in [5, 5.41) is 6.53. The summed E-state index contributed by atoms with van der Waals surface area (Å²) in [5.41, 5.74) is 3.44. The van der Waals surface area contributed by atoms with Crippen molar-refractivity contribution in [3.63, 3.8) is 0 Å². The minimum Gasteiger partial charge on any atom is -0.444 e. The fraction of sp³-hybridized carbons (Fsp3) is 0.444. The minimum atomic E-state index is 0. The van der Waals surface area contributed by atoms with Crippen molar-refractivity contribution >= 4 is 29.9 Å². The van der Waals surface area contributed by atoms with Gasteiger partial charge in [-0.2, -0.15) is 0 Å². The standard InChI is InChI=1S/C18H27N5O.HI/c1-13-14(2)24-17(22-13)11-21-18(19-3)20-10-15-7-6-8-16(9-15)12-23(4)5;/h6-9H,10-12H2,1-5H3,(H2,19,20,21);1H. The third kappa shape index (κ3) is 7.03. The van der Waals surface area contributed by atoms with E-state index in [9.17, 15) is 0 Å². The molecule has 0 aliphatic heterocycles. The number of halogens is 1. The van der Waals surface area contributed by atoms with Gasteiger partial charge in [0.25, 0.3) is 0 Å².